The van der Waals surface area contributed by atoms with Crippen LogP contribution in [0.2, 0.25) is 0 Å². The van der Waals surface area contributed by atoms with Crippen molar-refractivity contribution in [3.05, 3.63) is 89.5 Å². The number of benzene rings is 3. The molecular weight excluding hydrogens is 442 g/mol. The second-order valence-corrected chi connectivity index (χ2v) is 9.04. The molecule has 0 spiro atoms. The number of hydrogen-bond donors (Lipinski definition) is 0. The fourth-order valence-electron chi connectivity index (χ4n) is 3.07. The average molecular weight is 458 g/mol. The number of hydrogen-bond acceptors (Lipinski definition) is 2. The number of rotatable bonds is 6. The molecule has 0 heterocycles. The molecule has 3 aromatic rings. The minimum absolute atomic E-state index is 0.145. The highest BCUT2D eigenvalue weighted by atomic mass is 32.3. The summed E-state index contributed by atoms with van der Waals surface area (Å²) in [5.74, 6) is -9.59. The molecule has 0 N–H and O–H groups in total. The summed E-state index contributed by atoms with van der Waals surface area (Å²) in [4.78, 5) is 10.3. The topological polar surface area (TPSA) is 26.3 Å². The molecule has 0 unspecified atom stereocenters. The fourth-order valence-corrected chi connectivity index (χ4v) is 6.25. The van der Waals surface area contributed by atoms with Gasteiger partial charge in [-0.3, -0.25) is 4.79 Å². The molecule has 3 aromatic carbocycles. The molecule has 0 aliphatic heterocycles. The molecule has 3 rings (SSSR count). The summed E-state index contributed by atoms with van der Waals surface area (Å²) in [6.45, 7) is 1.62. The van der Waals surface area contributed by atoms with Crippen LogP contribution in [0.25, 0.3) is 0 Å². The van der Waals surface area contributed by atoms with Crippen LogP contribution in [0.15, 0.2) is 69.3 Å². The van der Waals surface area contributed by atoms with Gasteiger partial charge in [-0.1, -0.05) is 25.1 Å². The Hall–Kier alpha value is -2.94. The summed E-state index contributed by atoms with van der Waals surface area (Å²) in [6.07, 6.45) is 0.0440. The van der Waals surface area contributed by atoms with Crippen molar-refractivity contribution in [1.82, 2.24) is 0 Å². The molecule has 0 aliphatic carbocycles. The third-order valence-corrected chi connectivity index (χ3v) is 7.55. The first-order chi connectivity index (χ1) is 14.7. The molecule has 31 heavy (non-hydrogen) atoms. The molecule has 0 saturated heterocycles. The van der Waals surface area contributed by atoms with Gasteiger partial charge in [0.2, 0.25) is 0 Å². The van der Waals surface area contributed by atoms with Crippen LogP contribution in [0.3, 0.4) is 0 Å². The first-order valence-electron chi connectivity index (χ1n) is 9.10. The predicted molar refractivity (Wildman–Crippen MR) is 102 cm³/mol. The first-order valence-corrected chi connectivity index (χ1v) is 10.7. The van der Waals surface area contributed by atoms with Gasteiger partial charge in [-0.25, -0.2) is 26.3 Å². The summed E-state index contributed by atoms with van der Waals surface area (Å²) in [7, 11) is -4.09. The molecule has 0 atom stereocenters. The van der Waals surface area contributed by atoms with Crippen LogP contribution < -0.4 is 0 Å². The minimum atomic E-state index is -4.09. The third kappa shape index (κ3) is 4.27. The van der Waals surface area contributed by atoms with Crippen molar-refractivity contribution in [3.8, 4) is 0 Å². The van der Waals surface area contributed by atoms with E-state index in [2.05, 4.69) is 0 Å². The van der Waals surface area contributed by atoms with Gasteiger partial charge < -0.3 is 4.18 Å². The van der Waals surface area contributed by atoms with Gasteiger partial charge >= 0.3 is 5.97 Å². The van der Waals surface area contributed by atoms with Gasteiger partial charge in [0.05, 0.1) is 0 Å². The van der Waals surface area contributed by atoms with E-state index >= 15 is 0 Å². The second-order valence-electron chi connectivity index (χ2n) is 6.47. The summed E-state index contributed by atoms with van der Waals surface area (Å²) in [6, 6.07) is 8.12. The van der Waals surface area contributed by atoms with E-state index in [-0.39, 0.29) is 17.7 Å². The quantitative estimate of drug-likeness (QED) is 0.370. The van der Waals surface area contributed by atoms with Crippen molar-refractivity contribution < 1.29 is 35.3 Å². The van der Waals surface area contributed by atoms with E-state index in [9.17, 15) is 31.1 Å². The lowest BCUT2D eigenvalue weighted by atomic mass is 10.3. The van der Waals surface area contributed by atoms with E-state index < -0.39 is 61.0 Å². The lowest BCUT2D eigenvalue weighted by molar-refractivity contribution is -0.133. The van der Waals surface area contributed by atoms with E-state index in [1.807, 2.05) is 0 Å². The van der Waals surface area contributed by atoms with E-state index in [1.165, 1.54) is 30.3 Å². The second kappa shape index (κ2) is 9.05. The van der Waals surface area contributed by atoms with Crippen molar-refractivity contribution in [2.75, 3.05) is 0 Å². The number of halogens is 6. The molecule has 9 heteroatoms. The molecule has 164 valence electrons. The molecule has 0 radical (unpaired) electrons. The van der Waals surface area contributed by atoms with Crippen LogP contribution >= 0.6 is 10.3 Å². The lowest BCUT2D eigenvalue weighted by Gasteiger charge is -2.40. The van der Waals surface area contributed by atoms with E-state index in [0.717, 1.165) is 0 Å². The molecule has 0 aromatic heterocycles. The van der Waals surface area contributed by atoms with Crippen LogP contribution in [0.5, 0.6) is 0 Å². The third-order valence-electron chi connectivity index (χ3n) is 4.25. The largest absolute Gasteiger partial charge is 0.402 e. The molecular formula is C22H16F6O2S. The summed E-state index contributed by atoms with van der Waals surface area (Å²) in [5, 5.41) is 0. The van der Waals surface area contributed by atoms with Crippen molar-refractivity contribution >= 4 is 16.3 Å². The van der Waals surface area contributed by atoms with Crippen LogP contribution in [0.4, 0.5) is 26.3 Å². The van der Waals surface area contributed by atoms with Crippen molar-refractivity contribution in [3.63, 3.8) is 0 Å². The van der Waals surface area contributed by atoms with Crippen molar-refractivity contribution in [2.24, 2.45) is 0 Å². The normalized spacial score (nSPS) is 12.0. The Balaban J connectivity index is 2.52. The van der Waals surface area contributed by atoms with Gasteiger partial charge in [-0.15, -0.1) is 0 Å². The monoisotopic (exact) mass is 458 g/mol. The van der Waals surface area contributed by atoms with Crippen LogP contribution in [-0.2, 0) is 8.98 Å². The summed E-state index contributed by atoms with van der Waals surface area (Å²) in [5.41, 5.74) is 0. The lowest BCUT2D eigenvalue weighted by Crippen LogP contribution is -2.18. The van der Waals surface area contributed by atoms with Crippen molar-refractivity contribution in [1.29, 1.82) is 0 Å². The maximum atomic E-state index is 15.0. The highest BCUT2D eigenvalue weighted by Gasteiger charge is 2.44. The Morgan fingerprint density at radius 2 is 1.19 bits per heavy atom. The summed E-state index contributed by atoms with van der Waals surface area (Å²) >= 11 is 0. The molecule has 2 nitrogen and oxygen atoms in total. The molecule has 0 aliphatic rings. The Morgan fingerprint density at radius 3 is 1.58 bits per heavy atom. The van der Waals surface area contributed by atoms with Gasteiger partial charge in [0.15, 0.2) is 0 Å². The standard InChI is InChI=1S/C22H16F6O2S/c1-2-6-20(29)30-31(15-7-4-3-5-8-15,21-16(25)9-13(23)10-17(21)26)22-18(27)11-14(24)12-19(22)28/h3-5,7-12H,2,6H2,1H3. The van der Waals surface area contributed by atoms with E-state index in [1.54, 1.807) is 6.92 Å². The molecule has 0 bridgehead atoms. The van der Waals surface area contributed by atoms with E-state index in [4.69, 9.17) is 4.18 Å². The Morgan fingerprint density at radius 1 is 0.774 bits per heavy atom. The maximum Gasteiger partial charge on any atom is 0.317 e. The van der Waals surface area contributed by atoms with Gasteiger partial charge in [0.1, 0.15) is 44.7 Å². The fraction of sp³-hybridized carbons (Fsp3) is 0.136. The summed E-state index contributed by atoms with van der Waals surface area (Å²) < 4.78 is 92.7. The zero-order valence-electron chi connectivity index (χ0n) is 16.1. The highest BCUT2D eigenvalue weighted by Crippen LogP contribution is 2.71. The molecule has 0 fully saturated rings. The molecule has 0 amide bonds. The maximum absolute atomic E-state index is 15.0. The van der Waals surface area contributed by atoms with Gasteiger partial charge in [-0.2, -0.15) is 0 Å². The number of carbonyl (C=O) groups excluding carboxylic acids is 1. The number of carbonyl (C=O) groups is 1. The van der Waals surface area contributed by atoms with Gasteiger partial charge in [0, 0.05) is 45.9 Å². The highest BCUT2D eigenvalue weighted by molar-refractivity contribution is 8.30. The smallest absolute Gasteiger partial charge is 0.317 e. The van der Waals surface area contributed by atoms with Crippen molar-refractivity contribution in [2.45, 2.75) is 34.5 Å². The Labute approximate surface area is 176 Å². The SMILES string of the molecule is CCCC(=O)OS(c1ccccc1)(c1c(F)cc(F)cc1F)c1c(F)cc(F)cc1F. The zero-order valence-corrected chi connectivity index (χ0v) is 16.9. The Kier molecular flexibility index (Phi) is 6.64. The Bertz CT molecular complexity index is 1020. The first kappa shape index (κ1) is 22.7. The average Bonchev–Trinajstić information content (AvgIpc) is 2.67. The van der Waals surface area contributed by atoms with Crippen LogP contribution in [0.1, 0.15) is 19.8 Å². The predicted octanol–water partition coefficient (Wildman–Crippen LogP) is 7.06. The van der Waals surface area contributed by atoms with E-state index in [0.29, 0.717) is 24.3 Å². The van der Waals surface area contributed by atoms with Gasteiger partial charge in [0.25, 0.3) is 0 Å². The van der Waals surface area contributed by atoms with Crippen LogP contribution in [0, 0.1) is 34.9 Å². The zero-order chi connectivity index (χ0) is 22.8. The van der Waals surface area contributed by atoms with Gasteiger partial charge in [-0.05, 0) is 18.6 Å². The minimum Gasteiger partial charge on any atom is -0.402 e. The molecule has 0 saturated carbocycles. The van der Waals surface area contributed by atoms with Crippen LogP contribution in [-0.4, -0.2) is 5.97 Å².